The lowest BCUT2D eigenvalue weighted by Gasteiger charge is -2.22. The van der Waals surface area contributed by atoms with E-state index in [-0.39, 0.29) is 5.41 Å². The third kappa shape index (κ3) is 2.52. The van der Waals surface area contributed by atoms with Crippen LogP contribution in [0.2, 0.25) is 0 Å². The third-order valence-electron chi connectivity index (χ3n) is 2.71. The molecule has 1 aromatic carbocycles. The lowest BCUT2D eigenvalue weighted by molar-refractivity contribution is 0.422. The smallest absolute Gasteiger partial charge is 0.186 e. The molecule has 0 aliphatic heterocycles. The van der Waals surface area contributed by atoms with Crippen molar-refractivity contribution in [3.8, 4) is 11.3 Å². The molecule has 1 heterocycles. The van der Waals surface area contributed by atoms with E-state index in [1.54, 1.807) is 18.2 Å². The Kier molecular flexibility index (Phi) is 3.36. The maximum atomic E-state index is 11.2. The van der Waals surface area contributed by atoms with Crippen LogP contribution in [0.15, 0.2) is 39.9 Å². The van der Waals surface area contributed by atoms with Gasteiger partial charge in [-0.2, -0.15) is 0 Å². The number of benzene rings is 1. The quantitative estimate of drug-likeness (QED) is 0.847. The van der Waals surface area contributed by atoms with Crippen LogP contribution in [0.25, 0.3) is 11.3 Å². The minimum Gasteiger partial charge on any atom is -0.364 e. The van der Waals surface area contributed by atoms with Crippen molar-refractivity contribution >= 4 is 11.1 Å². The van der Waals surface area contributed by atoms with Gasteiger partial charge in [0.25, 0.3) is 0 Å². The number of rotatable bonds is 2. The van der Waals surface area contributed by atoms with Crippen LogP contribution >= 0.6 is 0 Å². The van der Waals surface area contributed by atoms with E-state index in [2.05, 4.69) is 25.9 Å². The zero-order chi connectivity index (χ0) is 13.3. The second-order valence-electron chi connectivity index (χ2n) is 5.09. The number of hydrogen-bond donors (Lipinski definition) is 1. The molecule has 1 unspecified atom stereocenters. The molecule has 0 aliphatic carbocycles. The minimum atomic E-state index is -1.99. The van der Waals surface area contributed by atoms with Gasteiger partial charge in [-0.05, 0) is 23.1 Å². The summed E-state index contributed by atoms with van der Waals surface area (Å²) in [6, 6.07) is 6.97. The third-order valence-corrected chi connectivity index (χ3v) is 3.37. The Bertz CT molecular complexity index is 570. The molecule has 96 valence electrons. The molecule has 0 aliphatic rings. The van der Waals surface area contributed by atoms with Crippen molar-refractivity contribution in [1.29, 1.82) is 0 Å². The molecule has 2 aromatic rings. The molecule has 0 bridgehead atoms. The Hall–Kier alpha value is -1.46. The first-order valence-electron chi connectivity index (χ1n) is 5.56. The van der Waals surface area contributed by atoms with E-state index in [1.807, 2.05) is 6.07 Å². The summed E-state index contributed by atoms with van der Waals surface area (Å²) in [5.41, 5.74) is 2.48. The van der Waals surface area contributed by atoms with Crippen LogP contribution in [-0.2, 0) is 16.5 Å². The first-order valence-corrected chi connectivity index (χ1v) is 6.66. The Labute approximate surface area is 108 Å². The summed E-state index contributed by atoms with van der Waals surface area (Å²) in [6.45, 7) is 6.25. The standard InChI is InChI=1S/C13H15NO3S/c1-13(2,3)11-5-4-9(18(15)16)8-10(11)12-6-7-17-14-12/h4-8H,1-3H3,(H,15,16). The van der Waals surface area contributed by atoms with Gasteiger partial charge in [0.1, 0.15) is 12.0 Å². The predicted octanol–water partition coefficient (Wildman–Crippen LogP) is 3.22. The Morgan fingerprint density at radius 1 is 1.28 bits per heavy atom. The highest BCUT2D eigenvalue weighted by atomic mass is 32.2. The Balaban J connectivity index is 2.65. The van der Waals surface area contributed by atoms with Crippen molar-refractivity contribution in [1.82, 2.24) is 5.16 Å². The average Bonchev–Trinajstić information content (AvgIpc) is 2.80. The van der Waals surface area contributed by atoms with Crippen LogP contribution in [0.5, 0.6) is 0 Å². The van der Waals surface area contributed by atoms with Gasteiger partial charge in [0, 0.05) is 11.6 Å². The van der Waals surface area contributed by atoms with Gasteiger partial charge in [-0.15, -0.1) is 0 Å². The molecule has 1 aromatic heterocycles. The van der Waals surface area contributed by atoms with Gasteiger partial charge in [-0.25, -0.2) is 4.21 Å². The molecule has 5 heteroatoms. The average molecular weight is 265 g/mol. The van der Waals surface area contributed by atoms with E-state index in [1.165, 1.54) is 6.26 Å². The summed E-state index contributed by atoms with van der Waals surface area (Å²) >= 11 is -1.99. The first kappa shape index (κ1) is 13.0. The fourth-order valence-electron chi connectivity index (χ4n) is 1.85. The Morgan fingerprint density at radius 3 is 2.50 bits per heavy atom. The summed E-state index contributed by atoms with van der Waals surface area (Å²) in [5.74, 6) is 0. The van der Waals surface area contributed by atoms with Crippen LogP contribution in [0.3, 0.4) is 0 Å². The molecule has 4 nitrogen and oxygen atoms in total. The van der Waals surface area contributed by atoms with Crippen molar-refractivity contribution < 1.29 is 13.3 Å². The minimum absolute atomic E-state index is 0.0796. The number of aromatic nitrogens is 1. The van der Waals surface area contributed by atoms with Gasteiger partial charge < -0.3 is 9.08 Å². The van der Waals surface area contributed by atoms with E-state index < -0.39 is 11.1 Å². The zero-order valence-electron chi connectivity index (χ0n) is 10.5. The highest BCUT2D eigenvalue weighted by Crippen LogP contribution is 2.33. The molecule has 0 amide bonds. The van der Waals surface area contributed by atoms with E-state index in [0.29, 0.717) is 10.6 Å². The van der Waals surface area contributed by atoms with E-state index in [9.17, 15) is 4.21 Å². The lowest BCUT2D eigenvalue weighted by Crippen LogP contribution is -2.13. The highest BCUT2D eigenvalue weighted by Gasteiger charge is 2.21. The van der Waals surface area contributed by atoms with Crippen LogP contribution in [0, 0.1) is 0 Å². The van der Waals surface area contributed by atoms with Crippen molar-refractivity contribution in [2.24, 2.45) is 0 Å². The van der Waals surface area contributed by atoms with Gasteiger partial charge in [0.05, 0.1) is 4.90 Å². The summed E-state index contributed by atoms with van der Waals surface area (Å²) in [6.07, 6.45) is 1.49. The fourth-order valence-corrected chi connectivity index (χ4v) is 2.25. The fraction of sp³-hybridized carbons (Fsp3) is 0.308. The van der Waals surface area contributed by atoms with Crippen LogP contribution in [-0.4, -0.2) is 13.9 Å². The zero-order valence-corrected chi connectivity index (χ0v) is 11.3. The molecule has 1 atom stereocenters. The first-order chi connectivity index (χ1) is 8.39. The summed E-state index contributed by atoms with van der Waals surface area (Å²) in [7, 11) is 0. The number of hydrogen-bond acceptors (Lipinski definition) is 3. The monoisotopic (exact) mass is 265 g/mol. The molecule has 0 saturated heterocycles. The van der Waals surface area contributed by atoms with Gasteiger partial charge >= 0.3 is 0 Å². The van der Waals surface area contributed by atoms with Crippen molar-refractivity contribution in [2.45, 2.75) is 31.1 Å². The highest BCUT2D eigenvalue weighted by molar-refractivity contribution is 7.79. The molecule has 0 radical (unpaired) electrons. The van der Waals surface area contributed by atoms with E-state index in [4.69, 9.17) is 9.08 Å². The van der Waals surface area contributed by atoms with Gasteiger partial charge in [-0.3, -0.25) is 0 Å². The number of nitrogens with zero attached hydrogens (tertiary/aromatic N) is 1. The summed E-state index contributed by atoms with van der Waals surface area (Å²) in [5, 5.41) is 3.91. The Morgan fingerprint density at radius 2 is 2.00 bits per heavy atom. The van der Waals surface area contributed by atoms with Crippen molar-refractivity contribution in [3.05, 3.63) is 36.1 Å². The van der Waals surface area contributed by atoms with Crippen molar-refractivity contribution in [3.63, 3.8) is 0 Å². The molecular formula is C13H15NO3S. The molecule has 18 heavy (non-hydrogen) atoms. The van der Waals surface area contributed by atoms with Gasteiger partial charge in [0.2, 0.25) is 0 Å². The maximum absolute atomic E-state index is 11.2. The maximum Gasteiger partial charge on any atom is 0.186 e. The summed E-state index contributed by atoms with van der Waals surface area (Å²) in [4.78, 5) is 0.362. The topological polar surface area (TPSA) is 63.3 Å². The van der Waals surface area contributed by atoms with Crippen LogP contribution in [0.1, 0.15) is 26.3 Å². The molecule has 0 saturated carbocycles. The van der Waals surface area contributed by atoms with Crippen LogP contribution in [0.4, 0.5) is 0 Å². The predicted molar refractivity (Wildman–Crippen MR) is 69.7 cm³/mol. The normalized spacial score (nSPS) is 13.6. The molecule has 0 fully saturated rings. The second-order valence-corrected chi connectivity index (χ2v) is 6.06. The lowest BCUT2D eigenvalue weighted by atomic mass is 9.83. The molecule has 0 spiro atoms. The second kappa shape index (κ2) is 4.66. The van der Waals surface area contributed by atoms with E-state index >= 15 is 0 Å². The van der Waals surface area contributed by atoms with Gasteiger partial charge in [-0.1, -0.05) is 32.0 Å². The van der Waals surface area contributed by atoms with Gasteiger partial charge in [0.15, 0.2) is 11.1 Å². The van der Waals surface area contributed by atoms with Crippen molar-refractivity contribution in [2.75, 3.05) is 0 Å². The van der Waals surface area contributed by atoms with E-state index in [0.717, 1.165) is 11.1 Å². The molecule has 2 rings (SSSR count). The largest absolute Gasteiger partial charge is 0.364 e. The molecular weight excluding hydrogens is 250 g/mol. The van der Waals surface area contributed by atoms with Crippen LogP contribution < -0.4 is 0 Å². The SMILES string of the molecule is CC(C)(C)c1ccc(S(=O)O)cc1-c1ccon1. The summed E-state index contributed by atoms with van der Waals surface area (Å²) < 4.78 is 25.2. The molecule has 1 N–H and O–H groups in total.